The molecule has 1 atom stereocenters. The number of aliphatic carboxylic acids is 1. The van der Waals surface area contributed by atoms with Gasteiger partial charge in [0.05, 0.1) is 11.5 Å². The van der Waals surface area contributed by atoms with Crippen molar-refractivity contribution in [1.29, 1.82) is 0 Å². The molecule has 0 radical (unpaired) electrons. The van der Waals surface area contributed by atoms with E-state index in [-0.39, 0.29) is 16.5 Å². The van der Waals surface area contributed by atoms with Crippen molar-refractivity contribution in [3.05, 3.63) is 63.5 Å². The summed E-state index contributed by atoms with van der Waals surface area (Å²) in [4.78, 5) is 37.0. The number of thiocarbonyl (C=S) groups is 1. The van der Waals surface area contributed by atoms with Gasteiger partial charge in [0.25, 0.3) is 11.8 Å². The van der Waals surface area contributed by atoms with Gasteiger partial charge in [0, 0.05) is 10.6 Å². The van der Waals surface area contributed by atoms with Gasteiger partial charge in [-0.15, -0.1) is 0 Å². The van der Waals surface area contributed by atoms with Crippen LogP contribution in [-0.2, 0) is 9.59 Å². The molecule has 34 heavy (non-hydrogen) atoms. The van der Waals surface area contributed by atoms with E-state index >= 15 is 0 Å². The van der Waals surface area contributed by atoms with E-state index in [9.17, 15) is 19.5 Å². The van der Waals surface area contributed by atoms with Crippen molar-refractivity contribution in [2.75, 3.05) is 6.61 Å². The van der Waals surface area contributed by atoms with Crippen molar-refractivity contribution in [3.63, 3.8) is 0 Å². The highest BCUT2D eigenvalue weighted by molar-refractivity contribution is 8.26. The van der Waals surface area contributed by atoms with Gasteiger partial charge in [0.15, 0.2) is 21.9 Å². The number of rotatable bonds is 9. The number of nitrogens with one attached hydrogen (secondary N) is 1. The summed E-state index contributed by atoms with van der Waals surface area (Å²) in [5, 5.41) is 10.8. The van der Waals surface area contributed by atoms with Crippen molar-refractivity contribution in [2.24, 2.45) is 0 Å². The molecule has 1 fully saturated rings. The standard InChI is InChI=1S/C23H21ClN2O6S2/c1-3-16(22(29)30)32-17-10-5-13(11-18(17)31-4-2)12-19-21(28)26(23(33)34-19)25-20(27)14-6-8-15(24)9-7-14/h5-12,16H,3-4H2,1-2H3,(H,25,27)(H,29,30)/b19-12+. The molecule has 2 aromatic carbocycles. The molecule has 178 valence electrons. The Hall–Kier alpha value is -3.08. The number of carboxylic acid groups (broad SMARTS) is 1. The Balaban J connectivity index is 1.79. The number of benzene rings is 2. The Labute approximate surface area is 210 Å². The van der Waals surface area contributed by atoms with Crippen LogP contribution in [0.25, 0.3) is 6.08 Å². The molecule has 1 unspecified atom stereocenters. The summed E-state index contributed by atoms with van der Waals surface area (Å²) in [5.41, 5.74) is 3.45. The number of carboxylic acids is 1. The molecule has 1 aliphatic rings. The summed E-state index contributed by atoms with van der Waals surface area (Å²) < 4.78 is 11.4. The molecule has 8 nitrogen and oxygen atoms in total. The molecule has 3 rings (SSSR count). The van der Waals surface area contributed by atoms with E-state index in [0.29, 0.717) is 33.4 Å². The number of hydrogen-bond donors (Lipinski definition) is 2. The van der Waals surface area contributed by atoms with Gasteiger partial charge < -0.3 is 14.6 Å². The predicted octanol–water partition coefficient (Wildman–Crippen LogP) is 4.53. The molecule has 11 heteroatoms. The number of halogens is 1. The first kappa shape index (κ1) is 25.5. The molecule has 1 aliphatic heterocycles. The van der Waals surface area contributed by atoms with E-state index in [1.165, 1.54) is 12.1 Å². The monoisotopic (exact) mass is 520 g/mol. The van der Waals surface area contributed by atoms with E-state index in [0.717, 1.165) is 16.8 Å². The Kier molecular flexibility index (Phi) is 8.54. The summed E-state index contributed by atoms with van der Waals surface area (Å²) in [6, 6.07) is 11.1. The first-order chi connectivity index (χ1) is 16.2. The lowest BCUT2D eigenvalue weighted by atomic mass is 10.1. The zero-order chi connectivity index (χ0) is 24.8. The highest BCUT2D eigenvalue weighted by atomic mass is 35.5. The zero-order valence-corrected chi connectivity index (χ0v) is 20.6. The number of nitrogens with zero attached hydrogens (tertiary/aromatic N) is 1. The van der Waals surface area contributed by atoms with E-state index in [1.54, 1.807) is 50.3 Å². The lowest BCUT2D eigenvalue weighted by molar-refractivity contribution is -0.145. The Morgan fingerprint density at radius 2 is 1.91 bits per heavy atom. The number of ether oxygens (including phenoxy) is 2. The lowest BCUT2D eigenvalue weighted by Crippen LogP contribution is -2.44. The van der Waals surface area contributed by atoms with E-state index in [2.05, 4.69) is 5.43 Å². The third-order valence-corrected chi connectivity index (χ3v) is 6.15. The second-order valence-electron chi connectivity index (χ2n) is 6.96. The number of thioether (sulfide) groups is 1. The SMILES string of the molecule is CCOc1cc(/C=C2/SC(=S)N(NC(=O)c3ccc(Cl)cc3)C2=O)ccc1OC(CC)C(=O)O. The molecule has 2 amide bonds. The maximum absolute atomic E-state index is 12.9. The highest BCUT2D eigenvalue weighted by Crippen LogP contribution is 2.35. The minimum absolute atomic E-state index is 0.177. The fraction of sp³-hybridized carbons (Fsp3) is 0.217. The molecule has 0 spiro atoms. The average molecular weight is 521 g/mol. The van der Waals surface area contributed by atoms with Crippen molar-refractivity contribution < 1.29 is 29.0 Å². The van der Waals surface area contributed by atoms with Crippen LogP contribution in [0.15, 0.2) is 47.4 Å². The largest absolute Gasteiger partial charge is 0.490 e. The molecule has 0 aliphatic carbocycles. The molecule has 0 aromatic heterocycles. The fourth-order valence-electron chi connectivity index (χ4n) is 2.92. The Morgan fingerprint density at radius 1 is 1.21 bits per heavy atom. The van der Waals surface area contributed by atoms with Gasteiger partial charge >= 0.3 is 5.97 Å². The lowest BCUT2D eigenvalue weighted by Gasteiger charge is -2.17. The van der Waals surface area contributed by atoms with Crippen molar-refractivity contribution in [1.82, 2.24) is 10.4 Å². The van der Waals surface area contributed by atoms with Crippen molar-refractivity contribution in [3.8, 4) is 11.5 Å². The average Bonchev–Trinajstić information content (AvgIpc) is 3.06. The minimum Gasteiger partial charge on any atom is -0.490 e. The van der Waals surface area contributed by atoms with Gasteiger partial charge in [0.2, 0.25) is 0 Å². The quantitative estimate of drug-likeness (QED) is 0.367. The van der Waals surface area contributed by atoms with E-state index in [4.69, 9.17) is 33.3 Å². The summed E-state index contributed by atoms with van der Waals surface area (Å²) >= 11 is 12.2. The number of carbonyl (C=O) groups excluding carboxylic acids is 2. The predicted molar refractivity (Wildman–Crippen MR) is 134 cm³/mol. The number of amides is 2. The van der Waals surface area contributed by atoms with Gasteiger partial charge in [-0.2, -0.15) is 5.01 Å². The molecule has 1 heterocycles. The molecule has 2 N–H and O–H groups in total. The van der Waals surface area contributed by atoms with Crippen LogP contribution in [-0.4, -0.2) is 44.9 Å². The first-order valence-electron chi connectivity index (χ1n) is 10.2. The summed E-state index contributed by atoms with van der Waals surface area (Å²) in [6.07, 6.45) is 0.882. The Morgan fingerprint density at radius 3 is 2.53 bits per heavy atom. The fourth-order valence-corrected chi connectivity index (χ4v) is 4.23. The zero-order valence-electron chi connectivity index (χ0n) is 18.2. The number of hydrazine groups is 1. The van der Waals surface area contributed by atoms with Crippen LogP contribution < -0.4 is 14.9 Å². The van der Waals surface area contributed by atoms with Gasteiger partial charge in [-0.25, -0.2) is 4.79 Å². The first-order valence-corrected chi connectivity index (χ1v) is 11.8. The van der Waals surface area contributed by atoms with Gasteiger partial charge in [-0.1, -0.05) is 36.4 Å². The van der Waals surface area contributed by atoms with E-state index < -0.39 is 23.9 Å². The van der Waals surface area contributed by atoms with Crippen LogP contribution in [0.5, 0.6) is 11.5 Å². The second-order valence-corrected chi connectivity index (χ2v) is 9.07. The second kappa shape index (κ2) is 11.4. The van der Waals surface area contributed by atoms with E-state index in [1.807, 2.05) is 0 Å². The Bertz CT molecular complexity index is 1150. The smallest absolute Gasteiger partial charge is 0.344 e. The molecule has 0 bridgehead atoms. The molecule has 0 saturated carbocycles. The molecule has 2 aromatic rings. The summed E-state index contributed by atoms with van der Waals surface area (Å²) in [6.45, 7) is 3.84. The summed E-state index contributed by atoms with van der Waals surface area (Å²) in [7, 11) is 0. The molecular weight excluding hydrogens is 500 g/mol. The van der Waals surface area contributed by atoms with Gasteiger partial charge in [-0.3, -0.25) is 15.0 Å². The maximum Gasteiger partial charge on any atom is 0.344 e. The van der Waals surface area contributed by atoms with Crippen LogP contribution in [0.3, 0.4) is 0 Å². The highest BCUT2D eigenvalue weighted by Gasteiger charge is 2.34. The third kappa shape index (κ3) is 6.07. The molecule has 1 saturated heterocycles. The van der Waals surface area contributed by atoms with Crippen LogP contribution >= 0.6 is 35.6 Å². The topological polar surface area (TPSA) is 105 Å². The van der Waals surface area contributed by atoms with Crippen LogP contribution in [0.2, 0.25) is 5.02 Å². The van der Waals surface area contributed by atoms with Gasteiger partial charge in [-0.05, 0) is 73.6 Å². The van der Waals surface area contributed by atoms with Crippen LogP contribution in [0.4, 0.5) is 0 Å². The minimum atomic E-state index is -1.07. The third-order valence-electron chi connectivity index (χ3n) is 4.59. The molecular formula is C23H21ClN2O6S2. The van der Waals surface area contributed by atoms with Crippen molar-refractivity contribution in [2.45, 2.75) is 26.4 Å². The van der Waals surface area contributed by atoms with Crippen molar-refractivity contribution >= 4 is 63.8 Å². The normalized spacial score (nSPS) is 15.4. The van der Waals surface area contributed by atoms with Gasteiger partial charge in [0.1, 0.15) is 0 Å². The van der Waals surface area contributed by atoms with Crippen LogP contribution in [0, 0.1) is 0 Å². The maximum atomic E-state index is 12.9. The summed E-state index contributed by atoms with van der Waals surface area (Å²) in [5.74, 6) is -1.41. The van der Waals surface area contributed by atoms with Crippen LogP contribution in [0.1, 0.15) is 36.2 Å². The number of hydrogen-bond acceptors (Lipinski definition) is 7. The number of carbonyl (C=O) groups is 3.